The van der Waals surface area contributed by atoms with Crippen molar-refractivity contribution in [3.05, 3.63) is 65.7 Å². The first-order valence-corrected chi connectivity index (χ1v) is 6.04. The number of benzene rings is 1. The molecule has 1 aromatic heterocycles. The topological polar surface area (TPSA) is 79.5 Å². The Balaban J connectivity index is 2.12. The van der Waals surface area contributed by atoms with Crippen LogP contribution in [0.3, 0.4) is 0 Å². The largest absolute Gasteiger partial charge is 0.507 e. The number of aliphatic hydroxyl groups is 1. The van der Waals surface area contributed by atoms with Crippen molar-refractivity contribution in [2.75, 3.05) is 0 Å². The molecule has 0 spiro atoms. The summed E-state index contributed by atoms with van der Waals surface area (Å²) < 4.78 is 14.5. The third-order valence-electron chi connectivity index (χ3n) is 2.80. The van der Waals surface area contributed by atoms with Crippen molar-refractivity contribution in [2.24, 2.45) is 0 Å². The molecule has 0 radical (unpaired) electrons. The number of rotatable bonds is 5. The zero-order valence-electron chi connectivity index (χ0n) is 10.9. The smallest absolute Gasteiger partial charge is 0.376 e. The third kappa shape index (κ3) is 3.79. The first-order valence-electron chi connectivity index (χ1n) is 6.04. The number of hydrogen-bond donors (Lipinski definition) is 2. The van der Waals surface area contributed by atoms with E-state index in [2.05, 4.69) is 0 Å². The van der Waals surface area contributed by atoms with Crippen LogP contribution in [0.25, 0.3) is 5.76 Å². The predicted octanol–water partition coefficient (Wildman–Crippen LogP) is 2.23. The molecule has 1 aromatic carbocycles. The Morgan fingerprint density at radius 3 is 2.43 bits per heavy atom. The van der Waals surface area contributed by atoms with Crippen LogP contribution in [0.5, 0.6) is 0 Å². The molecule has 0 fully saturated rings. The number of aliphatic carboxylic acids is 1. The van der Waals surface area contributed by atoms with E-state index in [1.165, 1.54) is 12.1 Å². The van der Waals surface area contributed by atoms with Gasteiger partial charge in [0, 0.05) is 30.6 Å². The van der Waals surface area contributed by atoms with Gasteiger partial charge in [-0.05, 0) is 23.8 Å². The average molecular weight is 289 g/mol. The van der Waals surface area contributed by atoms with Gasteiger partial charge in [-0.1, -0.05) is 12.1 Å². The second-order valence-electron chi connectivity index (χ2n) is 4.40. The quantitative estimate of drug-likeness (QED) is 0.502. The Morgan fingerprint density at radius 2 is 1.81 bits per heavy atom. The van der Waals surface area contributed by atoms with Crippen LogP contribution in [0.4, 0.5) is 4.39 Å². The molecule has 5 nitrogen and oxygen atoms in total. The van der Waals surface area contributed by atoms with E-state index >= 15 is 0 Å². The van der Waals surface area contributed by atoms with Gasteiger partial charge in [-0.15, -0.1) is 0 Å². The second-order valence-corrected chi connectivity index (χ2v) is 4.40. The molecule has 0 bridgehead atoms. The summed E-state index contributed by atoms with van der Waals surface area (Å²) in [6, 6.07) is 7.52. The molecule has 0 aliphatic heterocycles. The molecule has 6 heteroatoms. The van der Waals surface area contributed by atoms with E-state index in [1.807, 2.05) is 0 Å². The number of nitrogens with zero attached hydrogens (tertiary/aromatic N) is 1. The summed E-state index contributed by atoms with van der Waals surface area (Å²) in [7, 11) is 0. The third-order valence-corrected chi connectivity index (χ3v) is 2.80. The van der Waals surface area contributed by atoms with Gasteiger partial charge in [0.05, 0.1) is 0 Å². The molecular weight excluding hydrogens is 277 g/mol. The van der Waals surface area contributed by atoms with E-state index in [9.17, 15) is 19.1 Å². The molecular formula is C15H12FNO4. The standard InChI is InChI=1S/C15H12FNO4/c16-12-3-1-10(2-4-12)8-17-6-5-11(9-17)13(18)7-14(19)15(20)21/h1-7,9,18H,8H2,(H,20,21). The maximum Gasteiger partial charge on any atom is 0.376 e. The number of carbonyl (C=O) groups is 2. The summed E-state index contributed by atoms with van der Waals surface area (Å²) in [5, 5.41) is 18.1. The van der Waals surface area contributed by atoms with Crippen LogP contribution in [0.1, 0.15) is 11.1 Å². The van der Waals surface area contributed by atoms with E-state index in [0.717, 1.165) is 5.56 Å². The monoisotopic (exact) mass is 289 g/mol. The van der Waals surface area contributed by atoms with Gasteiger partial charge in [0.25, 0.3) is 5.78 Å². The summed E-state index contributed by atoms with van der Waals surface area (Å²) in [4.78, 5) is 21.4. The highest BCUT2D eigenvalue weighted by atomic mass is 19.1. The minimum Gasteiger partial charge on any atom is -0.507 e. The van der Waals surface area contributed by atoms with Crippen LogP contribution in [0.2, 0.25) is 0 Å². The fourth-order valence-corrected chi connectivity index (χ4v) is 1.76. The highest BCUT2D eigenvalue weighted by molar-refractivity contribution is 6.38. The molecule has 108 valence electrons. The van der Waals surface area contributed by atoms with Gasteiger partial charge >= 0.3 is 5.97 Å². The minimum absolute atomic E-state index is 0.320. The van der Waals surface area contributed by atoms with Crippen LogP contribution in [-0.4, -0.2) is 26.5 Å². The highest BCUT2D eigenvalue weighted by Gasteiger charge is 2.11. The van der Waals surface area contributed by atoms with Gasteiger partial charge < -0.3 is 14.8 Å². The van der Waals surface area contributed by atoms with Crippen molar-refractivity contribution >= 4 is 17.5 Å². The van der Waals surface area contributed by atoms with E-state index in [-0.39, 0.29) is 5.82 Å². The maximum atomic E-state index is 12.8. The summed E-state index contributed by atoms with van der Waals surface area (Å²) in [5.74, 6) is -3.56. The van der Waals surface area contributed by atoms with Crippen LogP contribution < -0.4 is 0 Å². The molecule has 1 heterocycles. The van der Waals surface area contributed by atoms with Crippen LogP contribution in [-0.2, 0) is 16.1 Å². The Bertz CT molecular complexity index is 701. The SMILES string of the molecule is O=C(O)C(=O)C=C(O)c1ccn(Cc2ccc(F)cc2)c1. The van der Waals surface area contributed by atoms with Gasteiger partial charge in [0.2, 0.25) is 0 Å². The fourth-order valence-electron chi connectivity index (χ4n) is 1.76. The van der Waals surface area contributed by atoms with E-state index < -0.39 is 17.5 Å². The zero-order chi connectivity index (χ0) is 15.4. The van der Waals surface area contributed by atoms with Gasteiger partial charge in [-0.25, -0.2) is 9.18 Å². The summed E-state index contributed by atoms with van der Waals surface area (Å²) in [5.41, 5.74) is 1.19. The van der Waals surface area contributed by atoms with Gasteiger partial charge in [0.1, 0.15) is 11.6 Å². The van der Waals surface area contributed by atoms with Crippen molar-refractivity contribution in [1.29, 1.82) is 0 Å². The predicted molar refractivity (Wildman–Crippen MR) is 73.2 cm³/mol. The average Bonchev–Trinajstić information content (AvgIpc) is 2.90. The van der Waals surface area contributed by atoms with E-state index in [0.29, 0.717) is 18.2 Å². The number of carbonyl (C=O) groups excluding carboxylic acids is 1. The molecule has 2 N–H and O–H groups in total. The summed E-state index contributed by atoms with van der Waals surface area (Å²) in [6.45, 7) is 0.459. The molecule has 0 unspecified atom stereocenters. The molecule has 0 amide bonds. The summed E-state index contributed by atoms with van der Waals surface area (Å²) >= 11 is 0. The maximum absolute atomic E-state index is 12.8. The van der Waals surface area contributed by atoms with Gasteiger partial charge in [-0.2, -0.15) is 0 Å². The lowest BCUT2D eigenvalue weighted by molar-refractivity contribution is -0.146. The van der Waals surface area contributed by atoms with Crippen LogP contribution in [0.15, 0.2) is 48.8 Å². The van der Waals surface area contributed by atoms with Crippen molar-refractivity contribution in [2.45, 2.75) is 6.54 Å². The molecule has 2 rings (SSSR count). The number of aromatic nitrogens is 1. The lowest BCUT2D eigenvalue weighted by Crippen LogP contribution is -2.09. The minimum atomic E-state index is -1.63. The molecule has 0 aliphatic rings. The van der Waals surface area contributed by atoms with Gasteiger partial charge in [-0.3, -0.25) is 4.79 Å². The second kappa shape index (κ2) is 6.04. The molecule has 2 aromatic rings. The van der Waals surface area contributed by atoms with E-state index in [1.54, 1.807) is 35.2 Å². The fraction of sp³-hybridized carbons (Fsp3) is 0.0667. The lowest BCUT2D eigenvalue weighted by atomic mass is 10.2. The number of halogens is 1. The molecule has 0 saturated heterocycles. The van der Waals surface area contributed by atoms with Crippen molar-refractivity contribution in [3.63, 3.8) is 0 Å². The zero-order valence-corrected chi connectivity index (χ0v) is 10.9. The molecule has 0 saturated carbocycles. The summed E-state index contributed by atoms with van der Waals surface area (Å²) in [6.07, 6.45) is 3.87. The lowest BCUT2D eigenvalue weighted by Gasteiger charge is -2.03. The van der Waals surface area contributed by atoms with Crippen LogP contribution in [0, 0.1) is 5.82 Å². The van der Waals surface area contributed by atoms with Gasteiger partial charge in [0.15, 0.2) is 0 Å². The number of hydrogen-bond acceptors (Lipinski definition) is 3. The number of carboxylic acids is 1. The first-order chi connectivity index (χ1) is 9.95. The van der Waals surface area contributed by atoms with Crippen molar-refractivity contribution < 1.29 is 24.2 Å². The Morgan fingerprint density at radius 1 is 1.14 bits per heavy atom. The normalized spacial score (nSPS) is 11.4. The Hall–Kier alpha value is -2.89. The number of aliphatic hydroxyl groups excluding tert-OH is 1. The molecule has 0 atom stereocenters. The van der Waals surface area contributed by atoms with Crippen LogP contribution >= 0.6 is 0 Å². The van der Waals surface area contributed by atoms with Crippen molar-refractivity contribution in [3.8, 4) is 0 Å². The molecule has 21 heavy (non-hydrogen) atoms. The number of carboxylic acid groups (broad SMARTS) is 1. The Labute approximate surface area is 119 Å². The highest BCUT2D eigenvalue weighted by Crippen LogP contribution is 2.13. The molecule has 0 aliphatic carbocycles. The van der Waals surface area contributed by atoms with E-state index in [4.69, 9.17) is 5.11 Å². The van der Waals surface area contributed by atoms with Crippen molar-refractivity contribution in [1.82, 2.24) is 4.57 Å². The Kier molecular flexibility index (Phi) is 4.18. The first kappa shape index (κ1) is 14.5. The number of ketones is 1.